The number of likely N-dealkylation sites (tertiary alicyclic amines) is 1. The summed E-state index contributed by atoms with van der Waals surface area (Å²) in [5.41, 5.74) is -4.06. The lowest BCUT2D eigenvalue weighted by Gasteiger charge is -2.46. The summed E-state index contributed by atoms with van der Waals surface area (Å²) in [5.74, 6) is -2.54. The molecule has 2 N–H and O–H groups in total. The lowest BCUT2D eigenvalue weighted by Crippen LogP contribution is -2.53. The van der Waals surface area contributed by atoms with Gasteiger partial charge in [-0.05, 0) is 72.4 Å². The van der Waals surface area contributed by atoms with Crippen LogP contribution in [0.15, 0.2) is 23.8 Å². The topological polar surface area (TPSA) is 123 Å². The third-order valence-electron chi connectivity index (χ3n) is 14.8. The van der Waals surface area contributed by atoms with Crippen LogP contribution in [0, 0.1) is 51.8 Å². The highest BCUT2D eigenvalue weighted by molar-refractivity contribution is 5.84. The molecule has 9 heteroatoms. The lowest BCUT2D eigenvalue weighted by atomic mass is 9.54. The molecule has 3 saturated carbocycles. The van der Waals surface area contributed by atoms with Gasteiger partial charge in [-0.25, -0.2) is 0 Å². The summed E-state index contributed by atoms with van der Waals surface area (Å²) in [6.45, 7) is 11.9. The molecule has 14 atom stereocenters. The third-order valence-corrected chi connectivity index (χ3v) is 14.8. The van der Waals surface area contributed by atoms with Crippen molar-refractivity contribution in [3.63, 3.8) is 0 Å². The van der Waals surface area contributed by atoms with Crippen LogP contribution in [0.4, 0.5) is 0 Å². The summed E-state index contributed by atoms with van der Waals surface area (Å²) >= 11 is 0. The van der Waals surface area contributed by atoms with Crippen molar-refractivity contribution in [3.8, 4) is 0 Å². The largest absolute Gasteiger partial charge is 0.462 e. The van der Waals surface area contributed by atoms with Gasteiger partial charge in [0.05, 0.1) is 28.5 Å². The monoisotopic (exact) mass is 637 g/mol. The number of hydrogen-bond acceptors (Lipinski definition) is 9. The Hall–Kier alpha value is -2.23. The van der Waals surface area contributed by atoms with Crippen molar-refractivity contribution in [2.75, 3.05) is 19.6 Å². The number of nitrogens with zero attached hydrogens (tertiary/aromatic N) is 1. The molecule has 0 aromatic carbocycles. The second-order valence-corrected chi connectivity index (χ2v) is 17.0. The second-order valence-electron chi connectivity index (χ2n) is 17.0. The molecule has 2 bridgehead atoms. The zero-order chi connectivity index (χ0) is 32.6. The van der Waals surface area contributed by atoms with Gasteiger partial charge < -0.3 is 29.3 Å². The molecule has 0 amide bonds. The minimum absolute atomic E-state index is 0.0705. The zero-order valence-corrected chi connectivity index (χ0v) is 28.0. The maximum Gasteiger partial charge on any atom is 0.313 e. The number of esters is 3. The van der Waals surface area contributed by atoms with Gasteiger partial charge in [0.25, 0.3) is 0 Å². The van der Waals surface area contributed by atoms with E-state index >= 15 is 0 Å². The van der Waals surface area contributed by atoms with Crippen molar-refractivity contribution in [1.82, 2.24) is 4.90 Å². The molecule has 252 valence electrons. The Bertz CT molecular complexity index is 1410. The Kier molecular flexibility index (Phi) is 6.69. The van der Waals surface area contributed by atoms with Crippen molar-refractivity contribution < 1.29 is 38.8 Å². The van der Waals surface area contributed by atoms with Crippen LogP contribution in [0.1, 0.15) is 86.0 Å². The number of hydrogen-bond donors (Lipinski definition) is 2. The summed E-state index contributed by atoms with van der Waals surface area (Å²) in [4.78, 5) is 43.6. The van der Waals surface area contributed by atoms with Gasteiger partial charge in [0.2, 0.25) is 0 Å². The zero-order valence-electron chi connectivity index (χ0n) is 28.0. The van der Waals surface area contributed by atoms with E-state index in [0.29, 0.717) is 32.2 Å². The number of fused-ring (bicyclic) bond motifs is 6. The smallest absolute Gasteiger partial charge is 0.313 e. The Labute approximate surface area is 272 Å². The fourth-order valence-electron chi connectivity index (χ4n) is 12.7. The van der Waals surface area contributed by atoms with Crippen molar-refractivity contribution in [1.29, 1.82) is 0 Å². The second kappa shape index (κ2) is 9.91. The normalized spacial score (nSPS) is 53.9. The first-order chi connectivity index (χ1) is 21.7. The summed E-state index contributed by atoms with van der Waals surface area (Å²) in [6.07, 6.45) is 10.4. The molecule has 5 unspecified atom stereocenters. The van der Waals surface area contributed by atoms with Gasteiger partial charge in [-0.2, -0.15) is 0 Å². The van der Waals surface area contributed by atoms with Gasteiger partial charge in [0, 0.05) is 54.4 Å². The Balaban J connectivity index is 1.26. The number of carbonyl (C=O) groups excluding carboxylic acids is 3. The van der Waals surface area contributed by atoms with Crippen molar-refractivity contribution in [3.05, 3.63) is 23.8 Å². The average molecular weight is 638 g/mol. The van der Waals surface area contributed by atoms with E-state index in [4.69, 9.17) is 14.2 Å². The number of piperidine rings is 1. The van der Waals surface area contributed by atoms with Gasteiger partial charge in [-0.15, -0.1) is 0 Å². The molecule has 1 spiro atoms. The van der Waals surface area contributed by atoms with Crippen LogP contribution in [0.3, 0.4) is 0 Å². The van der Waals surface area contributed by atoms with E-state index in [0.717, 1.165) is 31.5 Å². The molecule has 3 aliphatic heterocycles. The van der Waals surface area contributed by atoms with Crippen LogP contribution < -0.4 is 0 Å². The van der Waals surface area contributed by atoms with Crippen molar-refractivity contribution >= 4 is 17.9 Å². The molecule has 6 fully saturated rings. The van der Waals surface area contributed by atoms with E-state index in [2.05, 4.69) is 30.1 Å². The van der Waals surface area contributed by atoms with Crippen LogP contribution in [0.2, 0.25) is 0 Å². The van der Waals surface area contributed by atoms with Crippen molar-refractivity contribution in [2.24, 2.45) is 51.8 Å². The molecular formula is C37H51NO8. The first kappa shape index (κ1) is 31.1. The van der Waals surface area contributed by atoms with E-state index in [-0.39, 0.29) is 47.9 Å². The van der Waals surface area contributed by atoms with Crippen LogP contribution in [0.5, 0.6) is 0 Å². The van der Waals surface area contributed by atoms with E-state index in [1.807, 2.05) is 20.8 Å². The van der Waals surface area contributed by atoms with E-state index in [9.17, 15) is 24.6 Å². The fraction of sp³-hybridized carbons (Fsp3) is 0.811. The maximum atomic E-state index is 14.8. The molecule has 46 heavy (non-hydrogen) atoms. The number of ether oxygens (including phenoxy) is 3. The molecule has 0 radical (unpaired) electrons. The summed E-state index contributed by atoms with van der Waals surface area (Å²) in [6, 6.07) is 0. The number of rotatable bonds is 3. The maximum absolute atomic E-state index is 14.8. The van der Waals surface area contributed by atoms with Gasteiger partial charge in [0.1, 0.15) is 18.3 Å². The molecule has 3 heterocycles. The fourth-order valence-corrected chi connectivity index (χ4v) is 12.7. The van der Waals surface area contributed by atoms with Gasteiger partial charge in [0.15, 0.2) is 0 Å². The number of allylic oxidation sites excluding steroid dienone is 2. The molecule has 8 rings (SSSR count). The molecular weight excluding hydrogens is 586 g/mol. The summed E-state index contributed by atoms with van der Waals surface area (Å²) in [7, 11) is 0. The minimum Gasteiger partial charge on any atom is -0.462 e. The van der Waals surface area contributed by atoms with Crippen LogP contribution in [-0.2, 0) is 28.6 Å². The van der Waals surface area contributed by atoms with E-state index in [1.54, 1.807) is 0 Å². The summed E-state index contributed by atoms with van der Waals surface area (Å²) in [5, 5.41) is 24.5. The van der Waals surface area contributed by atoms with Gasteiger partial charge >= 0.3 is 17.9 Å². The molecule has 9 nitrogen and oxygen atoms in total. The highest BCUT2D eigenvalue weighted by atomic mass is 16.6. The van der Waals surface area contributed by atoms with Crippen LogP contribution >= 0.6 is 0 Å². The van der Waals surface area contributed by atoms with Crippen LogP contribution in [0.25, 0.3) is 0 Å². The Morgan fingerprint density at radius 2 is 1.80 bits per heavy atom. The molecule has 5 aliphatic carbocycles. The van der Waals surface area contributed by atoms with Crippen molar-refractivity contribution in [2.45, 2.75) is 115 Å². The Morgan fingerprint density at radius 1 is 1.07 bits per heavy atom. The van der Waals surface area contributed by atoms with E-state index in [1.165, 1.54) is 13.3 Å². The summed E-state index contributed by atoms with van der Waals surface area (Å²) < 4.78 is 19.1. The van der Waals surface area contributed by atoms with E-state index < -0.39 is 57.6 Å². The first-order valence-corrected chi connectivity index (χ1v) is 17.8. The van der Waals surface area contributed by atoms with Crippen LogP contribution in [-0.4, -0.2) is 82.2 Å². The van der Waals surface area contributed by atoms with Gasteiger partial charge in [-0.3, -0.25) is 14.4 Å². The third kappa shape index (κ3) is 3.82. The highest BCUT2D eigenvalue weighted by Gasteiger charge is 2.85. The highest BCUT2D eigenvalue weighted by Crippen LogP contribution is 2.80. The Morgan fingerprint density at radius 3 is 2.52 bits per heavy atom. The molecule has 0 aromatic rings. The minimum atomic E-state index is -1.17. The number of aliphatic hydroxyl groups is 2. The lowest BCUT2D eigenvalue weighted by molar-refractivity contribution is -0.165. The molecule has 3 saturated heterocycles. The van der Waals surface area contributed by atoms with Gasteiger partial charge in [-0.1, -0.05) is 37.1 Å². The average Bonchev–Trinajstić information content (AvgIpc) is 3.70. The first-order valence-electron chi connectivity index (χ1n) is 17.8. The predicted molar refractivity (Wildman–Crippen MR) is 167 cm³/mol. The number of carbonyl (C=O) groups is 3. The predicted octanol–water partition coefficient (Wildman–Crippen LogP) is 3.95. The molecule has 8 aliphatic rings. The molecule has 0 aromatic heterocycles. The standard InChI is InChI=1S/C37H51NO8/c1-20-9-10-24-26(20)29-27(25(44-21(2)39)17-34(24,4)42)37(32(41)46-29)19-36-14-13-33(37,3)30(36)28-22(11-12-35(36,5)43)23(31(40)45-28)18-38-15-7-6-8-16-38/h9,13-14,22-30,42-43H,6-8,10-12,15-19H2,1-5H3/t22?,23-,24?,25-,26?,27?,28-,29+,30?,33+,34+,35+,36-,37-/m0/s1. The SMILES string of the molecule is CC(=O)O[C@H]1C[C@@](C)(O)C2CC=C(C)C2[C@H]2OC(=O)[C@]3(C[C@@]45C=C[C@]3(C)C4[C@H]3OC(=O)[C@@H](CN4CCCCC4)C3CC[C@@]5(C)O)C21. The quantitative estimate of drug-likeness (QED) is 0.269.